The Bertz CT molecular complexity index is 629. The van der Waals surface area contributed by atoms with Gasteiger partial charge in [-0.15, -0.1) is 5.10 Å². The zero-order chi connectivity index (χ0) is 19.0. The quantitative estimate of drug-likeness (QED) is 0.607. The van der Waals surface area contributed by atoms with Gasteiger partial charge in [0.2, 0.25) is 0 Å². The fourth-order valence-corrected chi connectivity index (χ4v) is 3.28. The van der Waals surface area contributed by atoms with E-state index in [4.69, 9.17) is 12.6 Å². The van der Waals surface area contributed by atoms with Crippen molar-refractivity contribution < 1.29 is 13.9 Å². The highest BCUT2D eigenvalue weighted by atomic mass is 19.1. The van der Waals surface area contributed by atoms with Crippen molar-refractivity contribution in [1.82, 2.24) is 15.0 Å². The third-order valence-corrected chi connectivity index (χ3v) is 4.40. The summed E-state index contributed by atoms with van der Waals surface area (Å²) in [5, 5.41) is 8.22. The average Bonchev–Trinajstić information content (AvgIpc) is 2.82. The topological polar surface area (TPSA) is 57.0 Å². The molecule has 1 aromatic heterocycles. The van der Waals surface area contributed by atoms with Crippen LogP contribution in [0.3, 0.4) is 0 Å². The first kappa shape index (κ1) is 19.9. The molecule has 0 saturated carbocycles. The van der Waals surface area contributed by atoms with Crippen LogP contribution in [-0.4, -0.2) is 34.4 Å². The number of carbonyl (C=O) groups excluding carboxylic acids is 1. The molecule has 0 spiro atoms. The lowest BCUT2D eigenvalue weighted by molar-refractivity contribution is -0.157. The van der Waals surface area contributed by atoms with Gasteiger partial charge >= 0.3 is 5.97 Å². The van der Waals surface area contributed by atoms with Crippen LogP contribution in [0.25, 0.3) is 0 Å². The Labute approximate surface area is 151 Å². The van der Waals surface area contributed by atoms with Crippen molar-refractivity contribution in [2.75, 3.05) is 0 Å². The molecule has 138 valence electrons. The molecule has 2 atom stereocenters. The summed E-state index contributed by atoms with van der Waals surface area (Å²) in [6, 6.07) is 0. The molecule has 2 unspecified atom stereocenters. The Morgan fingerprint density at radius 2 is 1.96 bits per heavy atom. The molecule has 2 radical (unpaired) electrons. The Hall–Kier alpha value is -1.40. The molecule has 1 heterocycles. The second kappa shape index (κ2) is 6.73. The Balaban J connectivity index is 2.33. The lowest BCUT2D eigenvalue weighted by Gasteiger charge is -2.33. The van der Waals surface area contributed by atoms with Crippen molar-refractivity contribution >= 4 is 13.8 Å². The summed E-state index contributed by atoms with van der Waals surface area (Å²) in [5.74, 6) is -1.11. The molecule has 7 heteroatoms. The summed E-state index contributed by atoms with van der Waals surface area (Å²) in [6.07, 6.45) is 2.82. The van der Waals surface area contributed by atoms with Crippen molar-refractivity contribution in [1.29, 1.82) is 0 Å². The van der Waals surface area contributed by atoms with Crippen LogP contribution < -0.4 is 0 Å². The first-order valence-electron chi connectivity index (χ1n) is 8.97. The number of alkyl halides is 1. The Kier molecular flexibility index (Phi) is 5.36. The number of hydrogen-bond donors (Lipinski definition) is 0. The number of fused-ring (bicyclic) bond motifs is 1. The van der Waals surface area contributed by atoms with Gasteiger partial charge in [-0.1, -0.05) is 11.6 Å². The second-order valence-corrected chi connectivity index (χ2v) is 8.97. The summed E-state index contributed by atoms with van der Waals surface area (Å²) in [5.41, 5.74) is -2.22. The average molecular weight is 349 g/mol. The van der Waals surface area contributed by atoms with E-state index in [1.54, 1.807) is 25.5 Å². The SMILES string of the molecule is [B]C1(F)c2nnn(C(C)(C)C)c2CCCCC1CC(=O)OC(C)(C)C. The monoisotopic (exact) mass is 349 g/mol. The highest BCUT2D eigenvalue weighted by molar-refractivity contribution is 6.15. The molecule has 0 aromatic carbocycles. The normalized spacial score (nSPS) is 25.0. The number of nitrogens with zero attached hydrogens (tertiary/aromatic N) is 3. The van der Waals surface area contributed by atoms with E-state index < -0.39 is 23.1 Å². The van der Waals surface area contributed by atoms with E-state index in [0.29, 0.717) is 12.8 Å². The molecule has 25 heavy (non-hydrogen) atoms. The van der Waals surface area contributed by atoms with Crippen molar-refractivity contribution in [2.45, 2.75) is 90.4 Å². The number of ether oxygens (including phenoxy) is 1. The molecule has 1 aromatic rings. The minimum absolute atomic E-state index is 0.0634. The molecule has 0 amide bonds. The highest BCUT2D eigenvalue weighted by Gasteiger charge is 2.43. The molecule has 1 aliphatic rings. The molecule has 0 saturated heterocycles. The number of rotatable bonds is 2. The summed E-state index contributed by atoms with van der Waals surface area (Å²) < 4.78 is 22.7. The van der Waals surface area contributed by atoms with E-state index in [1.165, 1.54) is 0 Å². The van der Waals surface area contributed by atoms with Crippen LogP contribution in [-0.2, 0) is 27.1 Å². The van der Waals surface area contributed by atoms with Crippen LogP contribution in [0.15, 0.2) is 0 Å². The molecular formula is C18H29BFN3O2. The van der Waals surface area contributed by atoms with E-state index in [0.717, 1.165) is 18.5 Å². The van der Waals surface area contributed by atoms with Gasteiger partial charge in [0, 0.05) is 5.92 Å². The van der Waals surface area contributed by atoms with Crippen LogP contribution in [0.5, 0.6) is 0 Å². The smallest absolute Gasteiger partial charge is 0.306 e. The van der Waals surface area contributed by atoms with E-state index >= 15 is 4.39 Å². The Morgan fingerprint density at radius 3 is 2.52 bits per heavy atom. The minimum atomic E-state index is -2.20. The zero-order valence-corrected chi connectivity index (χ0v) is 16.2. The fourth-order valence-electron chi connectivity index (χ4n) is 3.28. The maximum Gasteiger partial charge on any atom is 0.306 e. The van der Waals surface area contributed by atoms with Crippen LogP contribution in [0.1, 0.15) is 78.6 Å². The van der Waals surface area contributed by atoms with Crippen molar-refractivity contribution in [3.63, 3.8) is 0 Å². The summed E-state index contributed by atoms with van der Waals surface area (Å²) >= 11 is 0. The standard InChI is InChI=1S/C18H29BFN3O2/c1-16(2,3)23-13-10-8-7-9-12(11-14(24)25-17(4,5)6)18(19,20)15(13)21-22-23/h12H,7-11H2,1-6H3. The first-order chi connectivity index (χ1) is 11.3. The van der Waals surface area contributed by atoms with E-state index in [1.807, 2.05) is 20.8 Å². The van der Waals surface area contributed by atoms with E-state index in [9.17, 15) is 4.79 Å². The third-order valence-electron chi connectivity index (χ3n) is 4.40. The van der Waals surface area contributed by atoms with Gasteiger partial charge in [-0.25, -0.2) is 9.07 Å². The van der Waals surface area contributed by atoms with Gasteiger partial charge in [0.05, 0.1) is 17.7 Å². The van der Waals surface area contributed by atoms with Crippen LogP contribution in [0.4, 0.5) is 4.39 Å². The molecule has 0 fully saturated rings. The minimum Gasteiger partial charge on any atom is -0.460 e. The lowest BCUT2D eigenvalue weighted by atomic mass is 9.66. The van der Waals surface area contributed by atoms with Gasteiger partial charge in [-0.3, -0.25) is 4.79 Å². The second-order valence-electron chi connectivity index (χ2n) is 8.97. The predicted molar refractivity (Wildman–Crippen MR) is 95.1 cm³/mol. The van der Waals surface area contributed by atoms with Gasteiger partial charge in [0.15, 0.2) is 0 Å². The van der Waals surface area contributed by atoms with Gasteiger partial charge in [-0.05, 0) is 60.8 Å². The van der Waals surface area contributed by atoms with E-state index in [2.05, 4.69) is 10.3 Å². The van der Waals surface area contributed by atoms with E-state index in [-0.39, 0.29) is 17.7 Å². The molecule has 5 nitrogen and oxygen atoms in total. The lowest BCUT2D eigenvalue weighted by Crippen LogP contribution is -2.37. The summed E-state index contributed by atoms with van der Waals surface area (Å²) in [6.45, 7) is 11.4. The fraction of sp³-hybridized carbons (Fsp3) is 0.833. The first-order valence-corrected chi connectivity index (χ1v) is 8.97. The maximum atomic E-state index is 15.6. The number of aromatic nitrogens is 3. The van der Waals surface area contributed by atoms with Gasteiger partial charge in [0.25, 0.3) is 0 Å². The zero-order valence-electron chi connectivity index (χ0n) is 16.2. The summed E-state index contributed by atoms with van der Waals surface area (Å²) in [4.78, 5) is 12.2. The largest absolute Gasteiger partial charge is 0.460 e. The number of carbonyl (C=O) groups is 1. The van der Waals surface area contributed by atoms with Gasteiger partial charge in [-0.2, -0.15) is 0 Å². The molecule has 2 rings (SSSR count). The van der Waals surface area contributed by atoms with Crippen LogP contribution in [0, 0.1) is 5.92 Å². The van der Waals surface area contributed by atoms with Crippen molar-refractivity contribution in [2.24, 2.45) is 5.92 Å². The van der Waals surface area contributed by atoms with Gasteiger partial charge in [0.1, 0.15) is 24.7 Å². The number of esters is 1. The third kappa shape index (κ3) is 4.61. The van der Waals surface area contributed by atoms with Crippen molar-refractivity contribution in [3.05, 3.63) is 11.4 Å². The molecule has 0 N–H and O–H groups in total. The number of hydrogen-bond acceptors (Lipinski definition) is 4. The molecule has 0 aliphatic heterocycles. The van der Waals surface area contributed by atoms with Crippen LogP contribution in [0.2, 0.25) is 0 Å². The maximum absolute atomic E-state index is 15.6. The predicted octanol–water partition coefficient (Wildman–Crippen LogP) is 3.40. The Morgan fingerprint density at radius 1 is 1.32 bits per heavy atom. The molecule has 1 aliphatic carbocycles. The summed E-state index contributed by atoms with van der Waals surface area (Å²) in [7, 11) is 6.08. The van der Waals surface area contributed by atoms with Crippen molar-refractivity contribution in [3.8, 4) is 0 Å². The molecule has 0 bridgehead atoms. The van der Waals surface area contributed by atoms with Crippen LogP contribution >= 0.6 is 0 Å². The highest BCUT2D eigenvalue weighted by Crippen LogP contribution is 2.40. The van der Waals surface area contributed by atoms with Gasteiger partial charge < -0.3 is 4.74 Å². The molecular weight excluding hydrogens is 320 g/mol. The number of halogens is 1.